The fourth-order valence-corrected chi connectivity index (χ4v) is 1.74. The van der Waals surface area contributed by atoms with E-state index >= 15 is 0 Å². The molecule has 0 aliphatic carbocycles. The van der Waals surface area contributed by atoms with E-state index in [1.165, 1.54) is 18.2 Å². The lowest BCUT2D eigenvalue weighted by atomic mass is 10.1. The van der Waals surface area contributed by atoms with Crippen molar-refractivity contribution >= 4 is 11.6 Å². The third-order valence-electron chi connectivity index (χ3n) is 2.37. The zero-order chi connectivity index (χ0) is 13.1. The van der Waals surface area contributed by atoms with Gasteiger partial charge in [0.25, 0.3) is 0 Å². The first kappa shape index (κ1) is 12.5. The Bertz CT molecular complexity index is 635. The Kier molecular flexibility index (Phi) is 3.54. The van der Waals surface area contributed by atoms with Gasteiger partial charge in [-0.25, -0.2) is 8.78 Å². The summed E-state index contributed by atoms with van der Waals surface area (Å²) >= 11 is 5.92. The molecule has 0 spiro atoms. The van der Waals surface area contributed by atoms with Gasteiger partial charge < -0.3 is 0 Å². The molecule has 0 amide bonds. The van der Waals surface area contributed by atoms with Crippen LogP contribution in [0.2, 0.25) is 5.02 Å². The molecule has 1 heterocycles. The van der Waals surface area contributed by atoms with Crippen LogP contribution < -0.4 is 0 Å². The van der Waals surface area contributed by atoms with E-state index in [4.69, 9.17) is 16.9 Å². The van der Waals surface area contributed by atoms with Crippen molar-refractivity contribution in [2.45, 2.75) is 6.42 Å². The molecular weight excluding hydrogens is 258 g/mol. The molecule has 1 aromatic heterocycles. The molecule has 0 saturated heterocycles. The van der Waals surface area contributed by atoms with Gasteiger partial charge in [0, 0.05) is 5.56 Å². The van der Waals surface area contributed by atoms with Crippen LogP contribution in [0.1, 0.15) is 5.69 Å². The highest BCUT2D eigenvalue weighted by molar-refractivity contribution is 6.33. The normalized spacial score (nSPS) is 10.1. The monoisotopic (exact) mass is 264 g/mol. The number of hydrogen-bond acceptors (Lipinski definition) is 2. The smallest absolute Gasteiger partial charge is 0.168 e. The number of pyridine rings is 1. The molecule has 0 unspecified atom stereocenters. The molecule has 0 fully saturated rings. The Morgan fingerprint density at radius 1 is 1.22 bits per heavy atom. The van der Waals surface area contributed by atoms with Crippen LogP contribution in [-0.2, 0) is 6.42 Å². The van der Waals surface area contributed by atoms with E-state index in [1.807, 2.05) is 6.07 Å². The second kappa shape index (κ2) is 5.11. The Morgan fingerprint density at radius 2 is 2.00 bits per heavy atom. The van der Waals surface area contributed by atoms with Crippen molar-refractivity contribution in [2.24, 2.45) is 0 Å². The molecule has 0 N–H and O–H groups in total. The van der Waals surface area contributed by atoms with Crippen LogP contribution in [0.5, 0.6) is 0 Å². The number of nitrogens with zero attached hydrogens (tertiary/aromatic N) is 2. The highest BCUT2D eigenvalue weighted by Gasteiger charge is 2.14. The summed E-state index contributed by atoms with van der Waals surface area (Å²) in [6.45, 7) is 0. The fourth-order valence-electron chi connectivity index (χ4n) is 1.54. The topological polar surface area (TPSA) is 36.7 Å². The lowest BCUT2D eigenvalue weighted by Gasteiger charge is -2.07. The summed E-state index contributed by atoms with van der Waals surface area (Å²) < 4.78 is 26.8. The number of benzene rings is 1. The highest BCUT2D eigenvalue weighted by Crippen LogP contribution is 2.29. The Hall–Kier alpha value is -1.99. The summed E-state index contributed by atoms with van der Waals surface area (Å²) in [7, 11) is 0. The van der Waals surface area contributed by atoms with E-state index in [1.54, 1.807) is 6.07 Å². The van der Waals surface area contributed by atoms with Gasteiger partial charge in [-0.1, -0.05) is 17.7 Å². The zero-order valence-corrected chi connectivity index (χ0v) is 9.88. The first-order chi connectivity index (χ1) is 8.63. The molecule has 0 aliphatic rings. The van der Waals surface area contributed by atoms with Gasteiger partial charge in [-0.3, -0.25) is 4.98 Å². The lowest BCUT2D eigenvalue weighted by Crippen LogP contribution is -1.96. The number of rotatable bonds is 2. The van der Waals surface area contributed by atoms with E-state index in [-0.39, 0.29) is 22.7 Å². The molecule has 0 aliphatic heterocycles. The van der Waals surface area contributed by atoms with Gasteiger partial charge in [-0.15, -0.1) is 0 Å². The molecule has 2 nitrogen and oxygen atoms in total. The molecule has 18 heavy (non-hydrogen) atoms. The molecule has 5 heteroatoms. The van der Waals surface area contributed by atoms with E-state index in [9.17, 15) is 8.78 Å². The van der Waals surface area contributed by atoms with E-state index in [2.05, 4.69) is 4.98 Å². The maximum absolute atomic E-state index is 13.6. The largest absolute Gasteiger partial charge is 0.250 e. The highest BCUT2D eigenvalue weighted by atomic mass is 35.5. The number of hydrogen-bond donors (Lipinski definition) is 0. The van der Waals surface area contributed by atoms with Crippen molar-refractivity contribution in [1.29, 1.82) is 5.26 Å². The van der Waals surface area contributed by atoms with Gasteiger partial charge in [0.05, 0.1) is 28.9 Å². The van der Waals surface area contributed by atoms with E-state index in [0.29, 0.717) is 5.69 Å². The van der Waals surface area contributed by atoms with Gasteiger partial charge in [-0.05, 0) is 24.3 Å². The summed E-state index contributed by atoms with van der Waals surface area (Å²) in [5, 5.41) is 8.80. The van der Waals surface area contributed by atoms with Gasteiger partial charge in [0.15, 0.2) is 11.6 Å². The number of aromatic nitrogens is 1. The van der Waals surface area contributed by atoms with Crippen molar-refractivity contribution in [3.8, 4) is 17.3 Å². The quantitative estimate of drug-likeness (QED) is 0.828. The predicted molar refractivity (Wildman–Crippen MR) is 63.9 cm³/mol. The minimum absolute atomic E-state index is 0.0141. The van der Waals surface area contributed by atoms with E-state index in [0.717, 1.165) is 6.07 Å². The average molecular weight is 265 g/mol. The predicted octanol–water partition coefficient (Wildman–Crippen LogP) is 3.75. The summed E-state index contributed by atoms with van der Waals surface area (Å²) in [5.74, 6) is -1.96. The third kappa shape index (κ3) is 2.31. The zero-order valence-electron chi connectivity index (χ0n) is 9.12. The Balaban J connectivity index is 2.60. The molecule has 2 rings (SSSR count). The number of nitriles is 1. The molecule has 0 saturated carbocycles. The lowest BCUT2D eigenvalue weighted by molar-refractivity contribution is 0.511. The van der Waals surface area contributed by atoms with Crippen molar-refractivity contribution in [2.75, 3.05) is 0 Å². The maximum Gasteiger partial charge on any atom is 0.168 e. The minimum Gasteiger partial charge on any atom is -0.250 e. The molecule has 2 aromatic rings. The summed E-state index contributed by atoms with van der Waals surface area (Å²) in [6, 6.07) is 8.81. The first-order valence-corrected chi connectivity index (χ1v) is 5.48. The third-order valence-corrected chi connectivity index (χ3v) is 2.68. The molecule has 90 valence electrons. The van der Waals surface area contributed by atoms with Crippen LogP contribution in [0.15, 0.2) is 30.3 Å². The van der Waals surface area contributed by atoms with Crippen LogP contribution in [0, 0.1) is 23.0 Å². The molecule has 0 radical (unpaired) electrons. The summed E-state index contributed by atoms with van der Waals surface area (Å²) in [6.07, 6.45) is 0.0844. The van der Waals surface area contributed by atoms with Gasteiger partial charge in [0.1, 0.15) is 0 Å². The molecule has 0 bridgehead atoms. The summed E-state index contributed by atoms with van der Waals surface area (Å²) in [4.78, 5) is 4.07. The van der Waals surface area contributed by atoms with Crippen LogP contribution in [0.4, 0.5) is 8.78 Å². The van der Waals surface area contributed by atoms with Crippen molar-refractivity contribution in [3.05, 3.63) is 52.7 Å². The standard InChI is InChI=1S/C13H7ClF2N2/c14-10-5-4-8(6-7-17)18-13(10)9-2-1-3-11(15)12(9)16/h1-5H,6H2. The second-order valence-corrected chi connectivity index (χ2v) is 3.98. The van der Waals surface area contributed by atoms with Gasteiger partial charge in [0.2, 0.25) is 0 Å². The Morgan fingerprint density at radius 3 is 2.72 bits per heavy atom. The summed E-state index contributed by atoms with van der Waals surface area (Å²) in [5.41, 5.74) is 0.585. The molecular formula is C13H7ClF2N2. The average Bonchev–Trinajstić information content (AvgIpc) is 2.36. The SMILES string of the molecule is N#CCc1ccc(Cl)c(-c2cccc(F)c2F)n1. The molecule has 1 aromatic carbocycles. The first-order valence-electron chi connectivity index (χ1n) is 5.10. The fraction of sp³-hybridized carbons (Fsp3) is 0.0769. The van der Waals surface area contributed by atoms with Crippen LogP contribution in [0.3, 0.4) is 0 Å². The van der Waals surface area contributed by atoms with Crippen LogP contribution in [-0.4, -0.2) is 4.98 Å². The van der Waals surface area contributed by atoms with Crippen molar-refractivity contribution in [3.63, 3.8) is 0 Å². The maximum atomic E-state index is 13.6. The van der Waals surface area contributed by atoms with Crippen LogP contribution in [0.25, 0.3) is 11.3 Å². The van der Waals surface area contributed by atoms with Crippen molar-refractivity contribution < 1.29 is 8.78 Å². The second-order valence-electron chi connectivity index (χ2n) is 3.57. The van der Waals surface area contributed by atoms with Crippen LogP contribution >= 0.6 is 11.6 Å². The molecule has 0 atom stereocenters. The Labute approximate surface area is 107 Å². The van der Waals surface area contributed by atoms with Gasteiger partial charge >= 0.3 is 0 Å². The minimum atomic E-state index is -0.999. The van der Waals surface area contributed by atoms with Gasteiger partial charge in [-0.2, -0.15) is 5.26 Å². The van der Waals surface area contributed by atoms with Crippen molar-refractivity contribution in [1.82, 2.24) is 4.98 Å². The number of halogens is 3. The van der Waals surface area contributed by atoms with E-state index < -0.39 is 11.6 Å².